The number of nitrogens with zero attached hydrogens (tertiary/aromatic N) is 3. The van der Waals surface area contributed by atoms with Crippen molar-refractivity contribution in [3.8, 4) is 56.2 Å². The average molecular weight is 756 g/mol. The summed E-state index contributed by atoms with van der Waals surface area (Å²) >= 11 is 0. The summed E-state index contributed by atoms with van der Waals surface area (Å²) in [5.74, 6) is 1.99. The maximum absolute atomic E-state index is 6.84. The van der Waals surface area contributed by atoms with E-state index < -0.39 is 0 Å². The molecule has 0 N–H and O–H groups in total. The second-order valence-corrected chi connectivity index (χ2v) is 15.0. The van der Waals surface area contributed by atoms with Gasteiger partial charge < -0.3 is 4.42 Å². The van der Waals surface area contributed by atoms with E-state index in [4.69, 9.17) is 19.4 Å². The molecule has 4 nitrogen and oxygen atoms in total. The van der Waals surface area contributed by atoms with E-state index in [-0.39, 0.29) is 5.92 Å². The quantitative estimate of drug-likeness (QED) is 0.163. The highest BCUT2D eigenvalue weighted by Crippen LogP contribution is 2.44. The Morgan fingerprint density at radius 2 is 0.983 bits per heavy atom. The second-order valence-electron chi connectivity index (χ2n) is 15.0. The molecule has 8 aromatic carbocycles. The van der Waals surface area contributed by atoms with Crippen LogP contribution in [0.25, 0.3) is 94.4 Å². The van der Waals surface area contributed by atoms with E-state index in [1.54, 1.807) is 0 Å². The van der Waals surface area contributed by atoms with Crippen LogP contribution < -0.4 is 0 Å². The smallest absolute Gasteiger partial charge is 0.164 e. The van der Waals surface area contributed by atoms with Gasteiger partial charge in [-0.3, -0.25) is 0 Å². The molecule has 0 bridgehead atoms. The topological polar surface area (TPSA) is 51.8 Å². The van der Waals surface area contributed by atoms with Gasteiger partial charge in [-0.15, -0.1) is 0 Å². The first-order valence-corrected chi connectivity index (χ1v) is 20.1. The van der Waals surface area contributed by atoms with E-state index >= 15 is 0 Å². The molecule has 0 amide bonds. The van der Waals surface area contributed by atoms with Crippen molar-refractivity contribution in [2.75, 3.05) is 0 Å². The van der Waals surface area contributed by atoms with Gasteiger partial charge in [-0.05, 0) is 74.3 Å². The lowest BCUT2D eigenvalue weighted by Crippen LogP contribution is -2.08. The molecule has 59 heavy (non-hydrogen) atoms. The largest absolute Gasteiger partial charge is 0.455 e. The molecule has 11 rings (SSSR count). The number of hydrogen-bond donors (Lipinski definition) is 0. The van der Waals surface area contributed by atoms with Crippen molar-refractivity contribution in [2.45, 2.75) is 12.3 Å². The van der Waals surface area contributed by atoms with Crippen LogP contribution in [0.4, 0.5) is 0 Å². The van der Waals surface area contributed by atoms with Crippen LogP contribution in [0.3, 0.4) is 0 Å². The molecule has 1 atom stereocenters. The fourth-order valence-corrected chi connectivity index (χ4v) is 8.55. The number of hydrogen-bond acceptors (Lipinski definition) is 4. The normalized spacial score (nSPS) is 13.9. The Balaban J connectivity index is 1.08. The molecule has 0 saturated heterocycles. The standard InChI is InChI=1S/C55H37N3O/c1-4-14-36(15-5-1)38-26-30-41(31-27-38)53-56-54(42-32-28-39(29-33-42)37-16-6-2-7-17-37)58-55(57-53)49-35-34-47(52-51(49)48-20-10-11-25-50(48)59-52)46-24-13-22-44-43(21-12-23-45(44)46)40-18-8-3-9-19-40/h1-32,34-35,42H,33H2. The molecular weight excluding hydrogens is 719 g/mol. The van der Waals surface area contributed by atoms with Gasteiger partial charge >= 0.3 is 0 Å². The van der Waals surface area contributed by atoms with Crippen LogP contribution in [-0.4, -0.2) is 15.0 Å². The fraction of sp³-hybridized carbons (Fsp3) is 0.0364. The Kier molecular flexibility index (Phi) is 8.59. The van der Waals surface area contributed by atoms with Crippen LogP contribution in [-0.2, 0) is 0 Å². The van der Waals surface area contributed by atoms with E-state index in [0.29, 0.717) is 11.6 Å². The first-order valence-electron chi connectivity index (χ1n) is 20.1. The van der Waals surface area contributed by atoms with E-state index in [0.717, 1.165) is 62.0 Å². The van der Waals surface area contributed by atoms with Crippen LogP contribution in [0.15, 0.2) is 211 Å². The molecule has 1 aliphatic carbocycles. The van der Waals surface area contributed by atoms with E-state index in [1.165, 1.54) is 38.6 Å². The minimum absolute atomic E-state index is 0.0168. The summed E-state index contributed by atoms with van der Waals surface area (Å²) in [6.07, 6.45) is 7.51. The average Bonchev–Trinajstić information content (AvgIpc) is 3.72. The number of para-hydroxylation sites is 1. The predicted molar refractivity (Wildman–Crippen MR) is 243 cm³/mol. The predicted octanol–water partition coefficient (Wildman–Crippen LogP) is 14.4. The molecule has 0 fully saturated rings. The molecule has 0 aliphatic heterocycles. The summed E-state index contributed by atoms with van der Waals surface area (Å²) in [4.78, 5) is 15.8. The summed E-state index contributed by atoms with van der Waals surface area (Å²) in [7, 11) is 0. The van der Waals surface area contributed by atoms with Gasteiger partial charge in [-0.1, -0.05) is 188 Å². The van der Waals surface area contributed by atoms with Crippen molar-refractivity contribution >= 4 is 38.3 Å². The first kappa shape index (κ1) is 34.5. The zero-order valence-corrected chi connectivity index (χ0v) is 32.2. The van der Waals surface area contributed by atoms with Crippen molar-refractivity contribution in [3.63, 3.8) is 0 Å². The van der Waals surface area contributed by atoms with Crippen molar-refractivity contribution < 1.29 is 4.42 Å². The van der Waals surface area contributed by atoms with E-state index in [9.17, 15) is 0 Å². The zero-order chi connectivity index (χ0) is 39.1. The van der Waals surface area contributed by atoms with Crippen molar-refractivity contribution in [3.05, 3.63) is 218 Å². The highest BCUT2D eigenvalue weighted by atomic mass is 16.3. The molecule has 10 aromatic rings. The fourth-order valence-electron chi connectivity index (χ4n) is 8.55. The number of aromatic nitrogens is 3. The molecule has 2 heterocycles. The SMILES string of the molecule is C1=CC(c2nc(-c3ccc(-c4ccccc4)cc3)nc(-c3ccc(-c4cccc5c(-c6ccccc6)cccc45)c4oc5ccccc5c34)n2)CC=C1c1ccccc1. The molecule has 1 aliphatic rings. The maximum atomic E-state index is 6.84. The van der Waals surface area contributed by atoms with E-state index in [1.807, 2.05) is 18.2 Å². The summed E-state index contributed by atoms with van der Waals surface area (Å²) in [6, 6.07) is 65.8. The first-order chi connectivity index (χ1) is 29.2. The molecular formula is C55H37N3O. The van der Waals surface area contributed by atoms with Crippen LogP contribution >= 0.6 is 0 Å². The number of fused-ring (bicyclic) bond motifs is 4. The lowest BCUT2D eigenvalue weighted by atomic mass is 9.91. The van der Waals surface area contributed by atoms with Crippen molar-refractivity contribution in [2.24, 2.45) is 0 Å². The van der Waals surface area contributed by atoms with Gasteiger partial charge in [0.15, 0.2) is 11.6 Å². The Morgan fingerprint density at radius 3 is 1.71 bits per heavy atom. The number of furan rings is 1. The van der Waals surface area contributed by atoms with Crippen LogP contribution in [0.1, 0.15) is 23.7 Å². The van der Waals surface area contributed by atoms with Gasteiger partial charge in [0.2, 0.25) is 0 Å². The number of allylic oxidation sites excluding steroid dienone is 4. The van der Waals surface area contributed by atoms with Gasteiger partial charge in [0.05, 0.1) is 0 Å². The highest BCUT2D eigenvalue weighted by Gasteiger charge is 2.23. The minimum atomic E-state index is -0.0168. The third-order valence-corrected chi connectivity index (χ3v) is 11.5. The Bertz CT molecular complexity index is 3220. The second kappa shape index (κ2) is 14.7. The lowest BCUT2D eigenvalue weighted by molar-refractivity contribution is 0.670. The molecule has 4 heteroatoms. The van der Waals surface area contributed by atoms with Gasteiger partial charge in [-0.25, -0.2) is 15.0 Å². The number of benzene rings is 8. The third-order valence-electron chi connectivity index (χ3n) is 11.5. The molecule has 0 spiro atoms. The van der Waals surface area contributed by atoms with Gasteiger partial charge in [0.1, 0.15) is 17.0 Å². The summed E-state index contributed by atoms with van der Waals surface area (Å²) in [5.41, 5.74) is 12.7. The molecule has 2 aromatic heterocycles. The van der Waals surface area contributed by atoms with Gasteiger partial charge in [0.25, 0.3) is 0 Å². The number of rotatable bonds is 7. The zero-order valence-electron chi connectivity index (χ0n) is 32.2. The lowest BCUT2D eigenvalue weighted by Gasteiger charge is -2.17. The van der Waals surface area contributed by atoms with Gasteiger partial charge in [-0.2, -0.15) is 0 Å². The minimum Gasteiger partial charge on any atom is -0.455 e. The van der Waals surface area contributed by atoms with Crippen LogP contribution in [0.2, 0.25) is 0 Å². The molecule has 278 valence electrons. The Hall–Kier alpha value is -7.69. The molecule has 0 saturated carbocycles. The van der Waals surface area contributed by atoms with Crippen molar-refractivity contribution in [1.82, 2.24) is 15.0 Å². The molecule has 0 radical (unpaired) electrons. The monoisotopic (exact) mass is 755 g/mol. The summed E-state index contributed by atoms with van der Waals surface area (Å²) < 4.78 is 6.84. The van der Waals surface area contributed by atoms with E-state index in [2.05, 4.69) is 188 Å². The van der Waals surface area contributed by atoms with Crippen molar-refractivity contribution in [1.29, 1.82) is 0 Å². The van der Waals surface area contributed by atoms with Crippen LogP contribution in [0, 0.1) is 0 Å². The molecule has 1 unspecified atom stereocenters. The maximum Gasteiger partial charge on any atom is 0.164 e. The summed E-state index contributed by atoms with van der Waals surface area (Å²) in [6.45, 7) is 0. The van der Waals surface area contributed by atoms with Crippen LogP contribution in [0.5, 0.6) is 0 Å². The Labute approximate surface area is 342 Å². The highest BCUT2D eigenvalue weighted by molar-refractivity contribution is 6.18. The third kappa shape index (κ3) is 6.32. The summed E-state index contributed by atoms with van der Waals surface area (Å²) in [5, 5.41) is 4.37. The van der Waals surface area contributed by atoms with Gasteiger partial charge in [0, 0.05) is 33.4 Å². The Morgan fingerprint density at radius 1 is 0.407 bits per heavy atom.